The smallest absolute Gasteiger partial charge is 0.321 e. The van der Waals surface area contributed by atoms with E-state index in [2.05, 4.69) is 32.5 Å². The summed E-state index contributed by atoms with van der Waals surface area (Å²) in [7, 11) is 3.84. The fourth-order valence-electron chi connectivity index (χ4n) is 3.74. The Hall–Kier alpha value is -2.49. The van der Waals surface area contributed by atoms with Crippen molar-refractivity contribution in [2.75, 3.05) is 43.9 Å². The number of hydrogen-bond acceptors (Lipinski definition) is 6. The van der Waals surface area contributed by atoms with Gasteiger partial charge in [0.25, 0.3) is 0 Å². The van der Waals surface area contributed by atoms with Crippen LogP contribution in [0.25, 0.3) is 10.3 Å². The lowest BCUT2D eigenvalue weighted by Crippen LogP contribution is -2.40. The third-order valence-electron chi connectivity index (χ3n) is 5.35. The van der Waals surface area contributed by atoms with Crippen LogP contribution >= 0.6 is 22.9 Å². The number of rotatable bonds is 5. The highest BCUT2D eigenvalue weighted by Crippen LogP contribution is 2.31. The first kappa shape index (κ1) is 21.7. The molecule has 2 amide bonds. The lowest BCUT2D eigenvalue weighted by Gasteiger charge is -2.29. The van der Waals surface area contributed by atoms with Gasteiger partial charge in [-0.05, 0) is 62.7 Å². The molecule has 0 aliphatic carbocycles. The number of aromatic nitrogens is 2. The van der Waals surface area contributed by atoms with Crippen LogP contribution in [0.15, 0.2) is 30.3 Å². The van der Waals surface area contributed by atoms with E-state index < -0.39 is 5.82 Å². The van der Waals surface area contributed by atoms with E-state index in [0.717, 1.165) is 25.9 Å². The zero-order valence-corrected chi connectivity index (χ0v) is 18.9. The van der Waals surface area contributed by atoms with Crippen LogP contribution in [0.1, 0.15) is 12.8 Å². The summed E-state index contributed by atoms with van der Waals surface area (Å²) < 4.78 is 14.3. The topological polar surface area (TPSA) is 73.4 Å². The number of carbonyl (C=O) groups is 1. The maximum atomic E-state index is 14.3. The zero-order chi connectivity index (χ0) is 22.0. The molecule has 1 unspecified atom stereocenters. The van der Waals surface area contributed by atoms with Crippen LogP contribution in [0.5, 0.6) is 0 Å². The molecule has 1 atom stereocenters. The maximum absolute atomic E-state index is 14.3. The molecule has 3 aromatic rings. The highest BCUT2D eigenvalue weighted by Gasteiger charge is 2.18. The Bertz CT molecular complexity index is 1090. The summed E-state index contributed by atoms with van der Waals surface area (Å²) in [5.41, 5.74) is 1.04. The Morgan fingerprint density at radius 3 is 2.97 bits per heavy atom. The van der Waals surface area contributed by atoms with E-state index in [1.807, 2.05) is 0 Å². The normalized spacial score (nSPS) is 17.0. The van der Waals surface area contributed by atoms with Crippen molar-refractivity contribution in [2.45, 2.75) is 12.8 Å². The number of benzene rings is 1. The quantitative estimate of drug-likeness (QED) is 0.574. The van der Waals surface area contributed by atoms with Crippen molar-refractivity contribution < 1.29 is 9.18 Å². The molecule has 1 aliphatic heterocycles. The van der Waals surface area contributed by atoms with E-state index in [-0.39, 0.29) is 6.03 Å². The summed E-state index contributed by atoms with van der Waals surface area (Å²) >= 11 is 7.12. The Kier molecular flexibility index (Phi) is 6.54. The molecule has 0 saturated carbocycles. The van der Waals surface area contributed by atoms with Gasteiger partial charge in [0.2, 0.25) is 0 Å². The van der Waals surface area contributed by atoms with Crippen LogP contribution in [0.4, 0.5) is 25.8 Å². The highest BCUT2D eigenvalue weighted by atomic mass is 35.5. The van der Waals surface area contributed by atoms with Gasteiger partial charge in [0.1, 0.15) is 22.0 Å². The van der Waals surface area contributed by atoms with Crippen molar-refractivity contribution in [3.63, 3.8) is 0 Å². The fourth-order valence-corrected chi connectivity index (χ4v) is 4.73. The van der Waals surface area contributed by atoms with E-state index in [1.165, 1.54) is 17.4 Å². The molecule has 3 heterocycles. The summed E-state index contributed by atoms with van der Waals surface area (Å²) in [6.07, 6.45) is 2.28. The summed E-state index contributed by atoms with van der Waals surface area (Å²) in [5, 5.41) is 6.54. The molecular weight excluding hydrogens is 439 g/mol. The molecule has 1 fully saturated rings. The number of piperidine rings is 1. The van der Waals surface area contributed by atoms with E-state index in [4.69, 9.17) is 11.6 Å². The number of nitrogens with zero attached hydrogens (tertiary/aromatic N) is 4. The van der Waals surface area contributed by atoms with Crippen LogP contribution < -0.4 is 15.5 Å². The number of likely N-dealkylation sites (tertiary alicyclic amines) is 1. The Morgan fingerprint density at radius 1 is 1.35 bits per heavy atom. The molecule has 1 aliphatic rings. The fraction of sp³-hybridized carbons (Fsp3) is 0.381. The van der Waals surface area contributed by atoms with Crippen LogP contribution in [-0.4, -0.2) is 54.6 Å². The Labute approximate surface area is 189 Å². The summed E-state index contributed by atoms with van der Waals surface area (Å²) in [6, 6.07) is 7.81. The van der Waals surface area contributed by atoms with Gasteiger partial charge >= 0.3 is 6.03 Å². The number of thiazole rings is 1. The predicted octanol–water partition coefficient (Wildman–Crippen LogP) is 4.72. The van der Waals surface area contributed by atoms with Crippen molar-refractivity contribution in [3.8, 4) is 0 Å². The second-order valence-corrected chi connectivity index (χ2v) is 9.19. The molecule has 0 bridgehead atoms. The molecule has 10 heteroatoms. The minimum Gasteiger partial charge on any atom is -0.337 e. The number of fused-ring (bicyclic) bond motifs is 1. The monoisotopic (exact) mass is 462 g/mol. The van der Waals surface area contributed by atoms with Crippen LogP contribution in [-0.2, 0) is 0 Å². The predicted molar refractivity (Wildman–Crippen MR) is 124 cm³/mol. The first-order chi connectivity index (χ1) is 14.9. The first-order valence-electron chi connectivity index (χ1n) is 10.1. The molecule has 2 N–H and O–H groups in total. The van der Waals surface area contributed by atoms with Gasteiger partial charge in [0.05, 0.1) is 5.69 Å². The number of anilines is 3. The third-order valence-corrected chi connectivity index (χ3v) is 6.46. The first-order valence-corrected chi connectivity index (χ1v) is 11.3. The van der Waals surface area contributed by atoms with Gasteiger partial charge < -0.3 is 15.1 Å². The van der Waals surface area contributed by atoms with E-state index >= 15 is 0 Å². The largest absolute Gasteiger partial charge is 0.337 e. The molecule has 1 saturated heterocycles. The van der Waals surface area contributed by atoms with E-state index in [1.54, 1.807) is 36.2 Å². The molecule has 7 nitrogen and oxygen atoms in total. The van der Waals surface area contributed by atoms with Gasteiger partial charge in [-0.25, -0.2) is 19.2 Å². The van der Waals surface area contributed by atoms with E-state index in [0.29, 0.717) is 44.5 Å². The lowest BCUT2D eigenvalue weighted by molar-refractivity contribution is 0.204. The average molecular weight is 463 g/mol. The number of carbonyl (C=O) groups excluding carboxylic acids is 1. The van der Waals surface area contributed by atoms with Crippen molar-refractivity contribution in [1.29, 1.82) is 0 Å². The molecule has 2 aromatic heterocycles. The van der Waals surface area contributed by atoms with Crippen molar-refractivity contribution in [3.05, 3.63) is 41.2 Å². The lowest BCUT2D eigenvalue weighted by atomic mass is 9.99. The number of pyridine rings is 1. The summed E-state index contributed by atoms with van der Waals surface area (Å²) in [4.78, 5) is 25.9. The van der Waals surface area contributed by atoms with Crippen molar-refractivity contribution >= 4 is 56.0 Å². The van der Waals surface area contributed by atoms with Gasteiger partial charge in [-0.15, -0.1) is 0 Å². The molecule has 4 rings (SSSR count). The number of hydrogen-bond donors (Lipinski definition) is 2. The number of halogens is 2. The highest BCUT2D eigenvalue weighted by molar-refractivity contribution is 7.22. The Balaban J connectivity index is 1.42. The van der Waals surface area contributed by atoms with Crippen LogP contribution in [0.2, 0.25) is 5.02 Å². The Morgan fingerprint density at radius 2 is 2.19 bits per heavy atom. The molecule has 31 heavy (non-hydrogen) atoms. The van der Waals surface area contributed by atoms with Crippen LogP contribution in [0.3, 0.4) is 0 Å². The molecule has 1 aromatic carbocycles. The SMILES string of the molecule is CN1CCCC(CNC(=O)Nc2nc3ccc(N(C)c4ccc(Cl)cc4F)nc3s2)C1. The maximum Gasteiger partial charge on any atom is 0.321 e. The minimum atomic E-state index is -0.426. The van der Waals surface area contributed by atoms with Crippen molar-refractivity contribution in [2.24, 2.45) is 5.92 Å². The average Bonchev–Trinajstić information content (AvgIpc) is 3.13. The molecule has 0 spiro atoms. The van der Waals surface area contributed by atoms with Gasteiger partial charge in [0.15, 0.2) is 5.13 Å². The second-order valence-electron chi connectivity index (χ2n) is 7.77. The third kappa shape index (κ3) is 5.23. The van der Waals surface area contributed by atoms with Gasteiger partial charge in [-0.1, -0.05) is 22.9 Å². The van der Waals surface area contributed by atoms with Gasteiger partial charge in [0, 0.05) is 25.2 Å². The number of amides is 2. The summed E-state index contributed by atoms with van der Waals surface area (Å²) in [5.74, 6) is 0.604. The van der Waals surface area contributed by atoms with Gasteiger partial charge in [-0.3, -0.25) is 5.32 Å². The second kappa shape index (κ2) is 9.33. The van der Waals surface area contributed by atoms with Crippen LogP contribution in [0, 0.1) is 11.7 Å². The van der Waals surface area contributed by atoms with E-state index in [9.17, 15) is 9.18 Å². The van der Waals surface area contributed by atoms with Gasteiger partial charge in [-0.2, -0.15) is 0 Å². The molecular formula is C21H24ClFN6OS. The standard InChI is InChI=1S/C21H24ClFN6OS/c1-28-9-3-4-13(12-28)11-24-20(30)27-21-25-16-6-8-18(26-19(16)31-21)29(2)17-7-5-14(22)10-15(17)23/h5-8,10,13H,3-4,9,11-12H2,1-2H3,(H2,24,25,27,30). The number of urea groups is 1. The molecule has 0 radical (unpaired) electrons. The number of nitrogens with one attached hydrogen (secondary N) is 2. The van der Waals surface area contributed by atoms with Crippen molar-refractivity contribution in [1.82, 2.24) is 20.2 Å². The summed E-state index contributed by atoms with van der Waals surface area (Å²) in [6.45, 7) is 2.75. The molecule has 164 valence electrons. The zero-order valence-electron chi connectivity index (χ0n) is 17.4. The minimum absolute atomic E-state index is 0.271.